The van der Waals surface area contributed by atoms with Crippen LogP contribution in [0.25, 0.3) is 10.4 Å². The van der Waals surface area contributed by atoms with Gasteiger partial charge in [0.15, 0.2) is 6.10 Å². The molecule has 1 amide bonds. The van der Waals surface area contributed by atoms with Crippen molar-refractivity contribution in [1.82, 2.24) is 5.32 Å². The highest BCUT2D eigenvalue weighted by atomic mass is 32.1. The van der Waals surface area contributed by atoms with Crippen molar-refractivity contribution in [3.63, 3.8) is 0 Å². The summed E-state index contributed by atoms with van der Waals surface area (Å²) in [6.45, 7) is -0.218. The van der Waals surface area contributed by atoms with Crippen LogP contribution in [-0.4, -0.2) is 30.7 Å². The number of hydrogen-bond donors (Lipinski definition) is 1. The number of halogens is 3. The summed E-state index contributed by atoms with van der Waals surface area (Å²) >= 11 is 1.27. The first-order chi connectivity index (χ1) is 12.2. The standard InChI is InChI=1S/C18H16F3NO3S/c1-10(16(23)22-9-18(19,20)21)25-17(24)14-8-12-7-6-11-4-2-3-5-13(11)15(12)26-14/h2-5,8,10H,6-7,9H2,1H3,(H,22,23). The molecule has 1 aliphatic rings. The van der Waals surface area contributed by atoms with Gasteiger partial charge >= 0.3 is 12.1 Å². The Kier molecular flexibility index (Phi) is 5.04. The number of thiophene rings is 1. The first kappa shape index (κ1) is 18.4. The Morgan fingerprint density at radius 2 is 1.92 bits per heavy atom. The summed E-state index contributed by atoms with van der Waals surface area (Å²) in [4.78, 5) is 25.2. The van der Waals surface area contributed by atoms with Crippen molar-refractivity contribution < 1.29 is 27.5 Å². The van der Waals surface area contributed by atoms with Gasteiger partial charge in [-0.15, -0.1) is 11.3 Å². The third-order valence-electron chi connectivity index (χ3n) is 4.05. The van der Waals surface area contributed by atoms with Crippen LogP contribution in [0.3, 0.4) is 0 Å². The zero-order valence-electron chi connectivity index (χ0n) is 13.9. The zero-order chi connectivity index (χ0) is 18.9. The summed E-state index contributed by atoms with van der Waals surface area (Å²) in [7, 11) is 0. The molecule has 0 fully saturated rings. The maximum atomic E-state index is 12.3. The van der Waals surface area contributed by atoms with E-state index in [4.69, 9.17) is 4.74 Å². The van der Waals surface area contributed by atoms with Crippen LogP contribution >= 0.6 is 11.3 Å². The SMILES string of the molecule is CC(OC(=O)c1cc2c(s1)-c1ccccc1CC2)C(=O)NCC(F)(F)F. The molecular weight excluding hydrogens is 367 g/mol. The van der Waals surface area contributed by atoms with Gasteiger partial charge in [0.1, 0.15) is 11.4 Å². The van der Waals surface area contributed by atoms with Crippen molar-refractivity contribution in [2.24, 2.45) is 0 Å². The molecule has 0 bridgehead atoms. The van der Waals surface area contributed by atoms with Crippen molar-refractivity contribution in [1.29, 1.82) is 0 Å². The zero-order valence-corrected chi connectivity index (χ0v) is 14.7. The van der Waals surface area contributed by atoms with E-state index in [1.807, 2.05) is 24.3 Å². The molecule has 8 heteroatoms. The van der Waals surface area contributed by atoms with Gasteiger partial charge in [-0.2, -0.15) is 13.2 Å². The second-order valence-corrected chi connectivity index (χ2v) is 7.05. The molecule has 0 radical (unpaired) electrons. The van der Waals surface area contributed by atoms with Crippen molar-refractivity contribution in [3.05, 3.63) is 46.3 Å². The Morgan fingerprint density at radius 3 is 2.65 bits per heavy atom. The molecular formula is C18H16F3NO3S. The molecule has 1 aliphatic carbocycles. The van der Waals surface area contributed by atoms with Gasteiger partial charge in [-0.3, -0.25) is 4.79 Å². The van der Waals surface area contributed by atoms with E-state index in [1.165, 1.54) is 23.8 Å². The molecule has 4 nitrogen and oxygen atoms in total. The second-order valence-electron chi connectivity index (χ2n) is 6.00. The number of esters is 1. The first-order valence-corrected chi connectivity index (χ1v) is 8.82. The van der Waals surface area contributed by atoms with Crippen LogP contribution in [0.2, 0.25) is 0 Å². The Labute approximate surface area is 152 Å². The molecule has 1 heterocycles. The number of carbonyl (C=O) groups excluding carboxylic acids is 2. The van der Waals surface area contributed by atoms with Crippen molar-refractivity contribution in [2.45, 2.75) is 32.0 Å². The number of benzene rings is 1. The number of nitrogens with one attached hydrogen (secondary N) is 1. The number of alkyl halides is 3. The lowest BCUT2D eigenvalue weighted by molar-refractivity contribution is -0.143. The fraction of sp³-hybridized carbons (Fsp3) is 0.333. The van der Waals surface area contributed by atoms with Crippen LogP contribution < -0.4 is 5.32 Å². The fourth-order valence-electron chi connectivity index (χ4n) is 2.78. The van der Waals surface area contributed by atoms with Crippen LogP contribution in [0.5, 0.6) is 0 Å². The summed E-state index contributed by atoms with van der Waals surface area (Å²) in [6.07, 6.45) is -4.14. The molecule has 26 heavy (non-hydrogen) atoms. The van der Waals surface area contributed by atoms with E-state index >= 15 is 0 Å². The van der Waals surface area contributed by atoms with Gasteiger partial charge in [0.2, 0.25) is 0 Å². The van der Waals surface area contributed by atoms with Crippen LogP contribution in [-0.2, 0) is 22.4 Å². The minimum atomic E-state index is -4.51. The third kappa shape index (κ3) is 4.07. The summed E-state index contributed by atoms with van der Waals surface area (Å²) in [5.41, 5.74) is 3.32. The first-order valence-electron chi connectivity index (χ1n) is 8.01. The Balaban J connectivity index is 1.68. The van der Waals surface area contributed by atoms with Crippen molar-refractivity contribution in [2.75, 3.05) is 6.54 Å². The van der Waals surface area contributed by atoms with Gasteiger partial charge in [0.25, 0.3) is 5.91 Å². The van der Waals surface area contributed by atoms with Crippen LogP contribution in [0.1, 0.15) is 27.7 Å². The highest BCUT2D eigenvalue weighted by Gasteiger charge is 2.30. The van der Waals surface area contributed by atoms with E-state index < -0.39 is 30.7 Å². The minimum absolute atomic E-state index is 0.335. The number of amides is 1. The van der Waals surface area contributed by atoms with Gasteiger partial charge in [-0.25, -0.2) is 4.79 Å². The maximum absolute atomic E-state index is 12.3. The quantitative estimate of drug-likeness (QED) is 0.819. The highest BCUT2D eigenvalue weighted by Crippen LogP contribution is 2.39. The fourth-order valence-corrected chi connectivity index (χ4v) is 3.93. The molecule has 1 aromatic heterocycles. The average molecular weight is 383 g/mol. The molecule has 3 rings (SSSR count). The third-order valence-corrected chi connectivity index (χ3v) is 5.24. The predicted octanol–water partition coefficient (Wildman–Crippen LogP) is 3.74. The van der Waals surface area contributed by atoms with Crippen molar-refractivity contribution in [3.8, 4) is 10.4 Å². The molecule has 1 N–H and O–H groups in total. The van der Waals surface area contributed by atoms with E-state index in [2.05, 4.69) is 0 Å². The summed E-state index contributed by atoms with van der Waals surface area (Å²) in [6, 6.07) is 9.67. The van der Waals surface area contributed by atoms with Crippen LogP contribution in [0, 0.1) is 0 Å². The Hall–Kier alpha value is -2.35. The summed E-state index contributed by atoms with van der Waals surface area (Å²) in [5.74, 6) is -1.70. The summed E-state index contributed by atoms with van der Waals surface area (Å²) < 4.78 is 41.4. The molecule has 0 spiro atoms. The molecule has 0 saturated carbocycles. The smallest absolute Gasteiger partial charge is 0.405 e. The largest absolute Gasteiger partial charge is 0.448 e. The number of aryl methyl sites for hydroxylation is 2. The average Bonchev–Trinajstić information content (AvgIpc) is 3.03. The number of fused-ring (bicyclic) bond motifs is 3. The van der Waals surface area contributed by atoms with E-state index in [0.717, 1.165) is 28.8 Å². The number of carbonyl (C=O) groups is 2. The van der Waals surface area contributed by atoms with Crippen molar-refractivity contribution >= 4 is 23.2 Å². The van der Waals surface area contributed by atoms with E-state index in [9.17, 15) is 22.8 Å². The van der Waals surface area contributed by atoms with Gasteiger partial charge in [-0.1, -0.05) is 24.3 Å². The lowest BCUT2D eigenvalue weighted by atomic mass is 9.91. The lowest BCUT2D eigenvalue weighted by Gasteiger charge is -2.15. The van der Waals surface area contributed by atoms with E-state index in [-0.39, 0.29) is 0 Å². The number of hydrogen-bond acceptors (Lipinski definition) is 4. The van der Waals surface area contributed by atoms with Crippen LogP contribution in [0.4, 0.5) is 13.2 Å². The Bertz CT molecular complexity index is 844. The second kappa shape index (κ2) is 7.11. The molecule has 138 valence electrons. The normalized spacial score (nSPS) is 14.2. The number of ether oxygens (including phenoxy) is 1. The van der Waals surface area contributed by atoms with Gasteiger partial charge in [0.05, 0.1) is 0 Å². The molecule has 0 saturated heterocycles. The monoisotopic (exact) mass is 383 g/mol. The predicted molar refractivity (Wildman–Crippen MR) is 91.1 cm³/mol. The molecule has 1 unspecified atom stereocenters. The minimum Gasteiger partial charge on any atom is -0.448 e. The number of rotatable bonds is 4. The van der Waals surface area contributed by atoms with Gasteiger partial charge in [0, 0.05) is 4.88 Å². The molecule has 1 atom stereocenters. The van der Waals surface area contributed by atoms with E-state index in [1.54, 1.807) is 11.4 Å². The lowest BCUT2D eigenvalue weighted by Crippen LogP contribution is -2.40. The van der Waals surface area contributed by atoms with Gasteiger partial charge < -0.3 is 10.1 Å². The molecule has 2 aromatic rings. The molecule has 1 aromatic carbocycles. The highest BCUT2D eigenvalue weighted by molar-refractivity contribution is 7.17. The maximum Gasteiger partial charge on any atom is 0.405 e. The van der Waals surface area contributed by atoms with Gasteiger partial charge in [-0.05, 0) is 42.5 Å². The summed E-state index contributed by atoms with van der Waals surface area (Å²) in [5, 5.41) is 1.70. The Morgan fingerprint density at radius 1 is 1.23 bits per heavy atom. The topological polar surface area (TPSA) is 55.4 Å². The van der Waals surface area contributed by atoms with Crippen LogP contribution in [0.15, 0.2) is 30.3 Å². The molecule has 0 aliphatic heterocycles. The van der Waals surface area contributed by atoms with E-state index in [0.29, 0.717) is 4.88 Å².